The summed E-state index contributed by atoms with van der Waals surface area (Å²) in [7, 11) is -0.119. The minimum atomic E-state index is -4.70. The van der Waals surface area contributed by atoms with Crippen molar-refractivity contribution in [3.8, 4) is 6.07 Å². The Bertz CT molecular complexity index is 1030. The zero-order valence-corrected chi connectivity index (χ0v) is 19.1. The third-order valence-electron chi connectivity index (χ3n) is 6.54. The van der Waals surface area contributed by atoms with Crippen LogP contribution >= 0.6 is 0 Å². The molecule has 2 aliphatic rings. The average Bonchev–Trinajstić information content (AvgIpc) is 3.11. The van der Waals surface area contributed by atoms with E-state index < -0.39 is 33.4 Å². The van der Waals surface area contributed by atoms with Crippen molar-refractivity contribution in [2.24, 2.45) is 5.41 Å². The predicted octanol–water partition coefficient (Wildman–Crippen LogP) is 2.68. The molecular weight excluding hydrogens is 445 g/mol. The van der Waals surface area contributed by atoms with Gasteiger partial charge in [0.05, 0.1) is 22.9 Å². The number of carbonyl (C=O) groups is 1. The van der Waals surface area contributed by atoms with Crippen molar-refractivity contribution in [2.45, 2.75) is 38.4 Å². The van der Waals surface area contributed by atoms with Crippen molar-refractivity contribution >= 4 is 21.6 Å². The maximum atomic E-state index is 13.5. The molecule has 0 saturated carbocycles. The van der Waals surface area contributed by atoms with Crippen molar-refractivity contribution in [2.75, 3.05) is 44.4 Å². The van der Waals surface area contributed by atoms with Crippen molar-refractivity contribution in [3.05, 3.63) is 29.3 Å². The summed E-state index contributed by atoms with van der Waals surface area (Å²) in [5.74, 6) is -0.206. The van der Waals surface area contributed by atoms with Gasteiger partial charge in [-0.25, -0.2) is 12.7 Å². The number of amides is 1. The van der Waals surface area contributed by atoms with E-state index in [1.165, 1.54) is 15.3 Å². The number of nitrogens with zero attached hydrogens (tertiary/aromatic N) is 4. The minimum absolute atomic E-state index is 0.0132. The SMILES string of the molecule is CCS(=O)(=O)N1CCC2(CC1)CC(C(=O)N(C)C)N(c1ccc(C#N)c(C(F)(F)F)c1)C2. The summed E-state index contributed by atoms with van der Waals surface area (Å²) in [4.78, 5) is 16.0. The molecule has 11 heteroatoms. The number of likely N-dealkylation sites (N-methyl/N-ethyl adjacent to an activating group) is 1. The van der Waals surface area contributed by atoms with Gasteiger partial charge in [-0.2, -0.15) is 18.4 Å². The Morgan fingerprint density at radius 1 is 1.28 bits per heavy atom. The van der Waals surface area contributed by atoms with E-state index in [0.717, 1.165) is 12.1 Å². The number of nitriles is 1. The van der Waals surface area contributed by atoms with E-state index in [9.17, 15) is 26.4 Å². The van der Waals surface area contributed by atoms with E-state index >= 15 is 0 Å². The Hall–Kier alpha value is -2.32. The van der Waals surface area contributed by atoms with Crippen LogP contribution in [-0.4, -0.2) is 69.1 Å². The first-order chi connectivity index (χ1) is 14.8. The summed E-state index contributed by atoms with van der Waals surface area (Å²) in [6.45, 7) is 2.59. The van der Waals surface area contributed by atoms with Crippen molar-refractivity contribution < 1.29 is 26.4 Å². The van der Waals surface area contributed by atoms with Gasteiger partial charge in [0, 0.05) is 39.4 Å². The third kappa shape index (κ3) is 4.57. The van der Waals surface area contributed by atoms with E-state index in [4.69, 9.17) is 5.26 Å². The molecule has 0 aliphatic carbocycles. The quantitative estimate of drug-likeness (QED) is 0.673. The molecular formula is C21H27F3N4O3S. The van der Waals surface area contributed by atoms with E-state index in [2.05, 4.69) is 0 Å². The molecule has 3 rings (SSSR count). The van der Waals surface area contributed by atoms with Crippen LogP contribution in [0.3, 0.4) is 0 Å². The van der Waals surface area contributed by atoms with Crippen LogP contribution in [0.5, 0.6) is 0 Å². The van der Waals surface area contributed by atoms with Gasteiger partial charge < -0.3 is 9.80 Å². The lowest BCUT2D eigenvalue weighted by Crippen LogP contribution is -2.44. The molecule has 0 bridgehead atoms. The highest BCUT2D eigenvalue weighted by Gasteiger charge is 2.49. The Morgan fingerprint density at radius 3 is 2.41 bits per heavy atom. The lowest BCUT2D eigenvalue weighted by atomic mass is 9.77. The molecule has 1 amide bonds. The molecule has 1 spiro atoms. The zero-order chi connectivity index (χ0) is 23.9. The molecule has 0 radical (unpaired) electrons. The molecule has 1 unspecified atom stereocenters. The van der Waals surface area contributed by atoms with E-state index in [1.54, 1.807) is 32.0 Å². The molecule has 176 valence electrons. The smallest absolute Gasteiger partial charge is 0.359 e. The third-order valence-corrected chi connectivity index (χ3v) is 8.42. The molecule has 32 heavy (non-hydrogen) atoms. The van der Waals surface area contributed by atoms with Gasteiger partial charge in [-0.1, -0.05) is 0 Å². The number of halogens is 3. The lowest BCUT2D eigenvalue weighted by molar-refractivity contribution is -0.137. The number of anilines is 1. The Labute approximate surface area is 186 Å². The molecule has 2 fully saturated rings. The fourth-order valence-corrected chi connectivity index (χ4v) is 5.78. The zero-order valence-electron chi connectivity index (χ0n) is 18.3. The van der Waals surface area contributed by atoms with Crippen LogP contribution in [0.1, 0.15) is 37.3 Å². The van der Waals surface area contributed by atoms with Gasteiger partial charge in [-0.3, -0.25) is 4.79 Å². The molecule has 2 aliphatic heterocycles. The number of hydrogen-bond acceptors (Lipinski definition) is 5. The van der Waals surface area contributed by atoms with Crippen LogP contribution in [-0.2, 0) is 21.0 Å². The first-order valence-electron chi connectivity index (χ1n) is 10.4. The standard InChI is InChI=1S/C21H27F3N4O3S/c1-4-32(30,31)27-9-7-20(8-10-27)12-18(19(29)26(2)3)28(14-20)16-6-5-15(13-25)17(11-16)21(22,23)24/h5-6,11,18H,4,7-10,12,14H2,1-3H3. The summed E-state index contributed by atoms with van der Waals surface area (Å²) in [5.41, 5.74) is -1.64. The Kier molecular flexibility index (Phi) is 6.50. The van der Waals surface area contributed by atoms with Crippen LogP contribution in [0.2, 0.25) is 0 Å². The largest absolute Gasteiger partial charge is 0.417 e. The highest BCUT2D eigenvalue weighted by Crippen LogP contribution is 2.46. The summed E-state index contributed by atoms with van der Waals surface area (Å²) in [6.07, 6.45) is -3.20. The number of hydrogen-bond donors (Lipinski definition) is 0. The van der Waals surface area contributed by atoms with Gasteiger partial charge in [-0.05, 0) is 49.8 Å². The number of sulfonamides is 1. The first kappa shape index (κ1) is 24.3. The van der Waals surface area contributed by atoms with E-state index in [1.807, 2.05) is 0 Å². The van der Waals surface area contributed by atoms with Crippen molar-refractivity contribution in [3.63, 3.8) is 0 Å². The van der Waals surface area contributed by atoms with Crippen LogP contribution in [0.15, 0.2) is 18.2 Å². The van der Waals surface area contributed by atoms with Crippen molar-refractivity contribution in [1.82, 2.24) is 9.21 Å². The van der Waals surface area contributed by atoms with E-state index in [0.29, 0.717) is 38.9 Å². The van der Waals surface area contributed by atoms with Gasteiger partial charge in [0.2, 0.25) is 15.9 Å². The minimum Gasteiger partial charge on any atom is -0.359 e. The van der Waals surface area contributed by atoms with Crippen LogP contribution in [0.25, 0.3) is 0 Å². The fourth-order valence-electron chi connectivity index (χ4n) is 4.67. The Morgan fingerprint density at radius 2 is 1.91 bits per heavy atom. The molecule has 1 aromatic rings. The number of benzene rings is 1. The second kappa shape index (κ2) is 8.56. The second-order valence-electron chi connectivity index (χ2n) is 8.72. The molecule has 0 aromatic heterocycles. The fraction of sp³-hybridized carbons (Fsp3) is 0.619. The highest BCUT2D eigenvalue weighted by atomic mass is 32.2. The first-order valence-corrected chi connectivity index (χ1v) is 12.0. The van der Waals surface area contributed by atoms with E-state index in [-0.39, 0.29) is 22.8 Å². The lowest BCUT2D eigenvalue weighted by Gasteiger charge is -2.38. The van der Waals surface area contributed by atoms with Gasteiger partial charge >= 0.3 is 6.18 Å². The highest BCUT2D eigenvalue weighted by molar-refractivity contribution is 7.89. The average molecular weight is 473 g/mol. The molecule has 0 N–H and O–H groups in total. The molecule has 7 nitrogen and oxygen atoms in total. The maximum Gasteiger partial charge on any atom is 0.417 e. The second-order valence-corrected chi connectivity index (χ2v) is 11.0. The van der Waals surface area contributed by atoms with Gasteiger partial charge in [0.25, 0.3) is 0 Å². The van der Waals surface area contributed by atoms with Gasteiger partial charge in [-0.15, -0.1) is 0 Å². The molecule has 2 heterocycles. The summed E-state index contributed by atoms with van der Waals surface area (Å²) in [6, 6.07) is 4.43. The summed E-state index contributed by atoms with van der Waals surface area (Å²) < 4.78 is 66.4. The monoisotopic (exact) mass is 472 g/mol. The Balaban J connectivity index is 1.95. The molecule has 1 aromatic carbocycles. The topological polar surface area (TPSA) is 84.7 Å². The number of piperidine rings is 1. The predicted molar refractivity (Wildman–Crippen MR) is 113 cm³/mol. The normalized spacial score (nSPS) is 21.5. The number of alkyl halides is 3. The molecule has 1 atom stereocenters. The number of rotatable bonds is 4. The maximum absolute atomic E-state index is 13.5. The number of carbonyl (C=O) groups excluding carboxylic acids is 1. The van der Waals surface area contributed by atoms with Crippen molar-refractivity contribution in [1.29, 1.82) is 5.26 Å². The van der Waals surface area contributed by atoms with Crippen LogP contribution < -0.4 is 4.90 Å². The van der Waals surface area contributed by atoms with Gasteiger partial charge in [0.1, 0.15) is 6.04 Å². The van der Waals surface area contributed by atoms with Crippen LogP contribution in [0, 0.1) is 16.7 Å². The summed E-state index contributed by atoms with van der Waals surface area (Å²) in [5, 5.41) is 9.08. The molecule has 2 saturated heterocycles. The summed E-state index contributed by atoms with van der Waals surface area (Å²) >= 11 is 0. The van der Waals surface area contributed by atoms with Crippen LogP contribution in [0.4, 0.5) is 18.9 Å². The van der Waals surface area contributed by atoms with Gasteiger partial charge in [0.15, 0.2) is 0 Å².